The molecule has 0 saturated carbocycles. The van der Waals surface area contributed by atoms with Gasteiger partial charge < -0.3 is 20.5 Å². The molecule has 0 aromatic heterocycles. The van der Waals surface area contributed by atoms with Crippen LogP contribution in [0.4, 0.5) is 0 Å². The van der Waals surface area contributed by atoms with Gasteiger partial charge in [-0.3, -0.25) is 0 Å². The van der Waals surface area contributed by atoms with Gasteiger partial charge in [0, 0.05) is 36.8 Å². The van der Waals surface area contributed by atoms with Crippen molar-refractivity contribution in [1.29, 1.82) is 0 Å². The number of nitrogens with one attached hydrogen (secondary N) is 2. The van der Waals surface area contributed by atoms with Gasteiger partial charge in [0.05, 0.1) is 6.61 Å². The topological polar surface area (TPSA) is 53.5 Å². The standard InChI is InChI=1S/C19H25ClN2O2/c1-15-2-4-16(5-3-15)14-24-19-7-6-18(20)12-17(19)13-22-9-8-21-10-11-23/h2-7,12,21-23H,8-11,13-14H2,1H3. The fraction of sp³-hybridized carbons (Fsp3) is 0.368. The van der Waals surface area contributed by atoms with Gasteiger partial charge in [0.2, 0.25) is 0 Å². The van der Waals surface area contributed by atoms with Gasteiger partial charge in [0.15, 0.2) is 0 Å². The minimum Gasteiger partial charge on any atom is -0.489 e. The quantitative estimate of drug-likeness (QED) is 0.578. The number of aliphatic hydroxyl groups is 1. The summed E-state index contributed by atoms with van der Waals surface area (Å²) in [6, 6.07) is 14.0. The van der Waals surface area contributed by atoms with Crippen molar-refractivity contribution < 1.29 is 9.84 Å². The van der Waals surface area contributed by atoms with Gasteiger partial charge in [-0.25, -0.2) is 0 Å². The molecule has 0 saturated heterocycles. The molecule has 2 aromatic carbocycles. The molecule has 4 nitrogen and oxygen atoms in total. The number of aliphatic hydroxyl groups excluding tert-OH is 1. The molecule has 0 aliphatic rings. The molecule has 2 aromatic rings. The SMILES string of the molecule is Cc1ccc(COc2ccc(Cl)cc2CNCCNCCO)cc1. The third-order valence-electron chi connectivity index (χ3n) is 3.62. The lowest BCUT2D eigenvalue weighted by Crippen LogP contribution is -2.28. The van der Waals surface area contributed by atoms with Crippen LogP contribution in [-0.2, 0) is 13.2 Å². The maximum absolute atomic E-state index is 8.72. The van der Waals surface area contributed by atoms with Gasteiger partial charge in [-0.15, -0.1) is 0 Å². The molecule has 0 spiro atoms. The van der Waals surface area contributed by atoms with Crippen LogP contribution in [0.1, 0.15) is 16.7 Å². The predicted octanol–water partition coefficient (Wildman–Crippen LogP) is 2.90. The van der Waals surface area contributed by atoms with Crippen LogP contribution in [0.3, 0.4) is 0 Å². The Morgan fingerprint density at radius 1 is 1.00 bits per heavy atom. The minimum absolute atomic E-state index is 0.158. The summed E-state index contributed by atoms with van der Waals surface area (Å²) in [6.45, 7) is 5.68. The zero-order valence-corrected chi connectivity index (χ0v) is 14.8. The molecule has 0 unspecified atom stereocenters. The van der Waals surface area contributed by atoms with Crippen LogP contribution >= 0.6 is 11.6 Å². The van der Waals surface area contributed by atoms with Crippen molar-refractivity contribution >= 4 is 11.6 Å². The van der Waals surface area contributed by atoms with Crippen molar-refractivity contribution in [3.05, 3.63) is 64.2 Å². The largest absolute Gasteiger partial charge is 0.489 e. The van der Waals surface area contributed by atoms with Crippen molar-refractivity contribution in [1.82, 2.24) is 10.6 Å². The van der Waals surface area contributed by atoms with Gasteiger partial charge in [0.1, 0.15) is 12.4 Å². The Morgan fingerprint density at radius 3 is 2.50 bits per heavy atom. The fourth-order valence-electron chi connectivity index (χ4n) is 2.28. The van der Waals surface area contributed by atoms with Crippen LogP contribution in [0.2, 0.25) is 5.02 Å². The molecule has 0 aliphatic heterocycles. The first-order valence-electron chi connectivity index (χ1n) is 8.18. The Labute approximate surface area is 148 Å². The van der Waals surface area contributed by atoms with E-state index in [2.05, 4.69) is 41.8 Å². The van der Waals surface area contributed by atoms with Crippen molar-refractivity contribution in [2.75, 3.05) is 26.2 Å². The van der Waals surface area contributed by atoms with Crippen LogP contribution in [-0.4, -0.2) is 31.3 Å². The highest BCUT2D eigenvalue weighted by atomic mass is 35.5. The molecule has 0 aliphatic carbocycles. The summed E-state index contributed by atoms with van der Waals surface area (Å²) in [7, 11) is 0. The van der Waals surface area contributed by atoms with E-state index in [4.69, 9.17) is 21.4 Å². The lowest BCUT2D eigenvalue weighted by atomic mass is 10.1. The van der Waals surface area contributed by atoms with Gasteiger partial charge >= 0.3 is 0 Å². The van der Waals surface area contributed by atoms with E-state index in [1.54, 1.807) is 0 Å². The first-order valence-corrected chi connectivity index (χ1v) is 8.56. The molecule has 0 amide bonds. The summed E-state index contributed by atoms with van der Waals surface area (Å²) in [5, 5.41) is 15.9. The molecule has 3 N–H and O–H groups in total. The Kier molecular flexibility index (Phi) is 8.05. The molecule has 130 valence electrons. The van der Waals surface area contributed by atoms with Gasteiger partial charge in [-0.05, 0) is 30.7 Å². The molecule has 24 heavy (non-hydrogen) atoms. The molecular formula is C19H25ClN2O2. The highest BCUT2D eigenvalue weighted by molar-refractivity contribution is 6.30. The van der Waals surface area contributed by atoms with Crippen molar-refractivity contribution in [3.63, 3.8) is 0 Å². The summed E-state index contributed by atoms with van der Waals surface area (Å²) in [5.41, 5.74) is 3.42. The lowest BCUT2D eigenvalue weighted by Gasteiger charge is -2.13. The van der Waals surface area contributed by atoms with Crippen molar-refractivity contribution in [2.24, 2.45) is 0 Å². The lowest BCUT2D eigenvalue weighted by molar-refractivity contribution is 0.292. The zero-order valence-electron chi connectivity index (χ0n) is 14.0. The average molecular weight is 349 g/mol. The molecule has 0 atom stereocenters. The van der Waals surface area contributed by atoms with E-state index in [9.17, 15) is 0 Å². The van der Waals surface area contributed by atoms with E-state index in [0.29, 0.717) is 24.7 Å². The molecule has 0 bridgehead atoms. The molecule has 0 fully saturated rings. The number of ether oxygens (including phenoxy) is 1. The number of halogens is 1. The third kappa shape index (κ3) is 6.49. The zero-order chi connectivity index (χ0) is 17.2. The first kappa shape index (κ1) is 18.7. The van der Waals surface area contributed by atoms with Crippen molar-refractivity contribution in [2.45, 2.75) is 20.1 Å². The summed E-state index contributed by atoms with van der Waals surface area (Å²) in [4.78, 5) is 0. The van der Waals surface area contributed by atoms with E-state index in [1.807, 2.05) is 18.2 Å². The summed E-state index contributed by atoms with van der Waals surface area (Å²) < 4.78 is 5.97. The van der Waals surface area contributed by atoms with Gasteiger partial charge in [-0.1, -0.05) is 41.4 Å². The van der Waals surface area contributed by atoms with Crippen LogP contribution in [0.15, 0.2) is 42.5 Å². The Morgan fingerprint density at radius 2 is 1.75 bits per heavy atom. The highest BCUT2D eigenvalue weighted by Crippen LogP contribution is 2.24. The number of hydrogen-bond donors (Lipinski definition) is 3. The normalized spacial score (nSPS) is 10.8. The molecule has 0 heterocycles. The van der Waals surface area contributed by atoms with Crippen LogP contribution in [0.25, 0.3) is 0 Å². The van der Waals surface area contributed by atoms with Gasteiger partial charge in [0.25, 0.3) is 0 Å². The average Bonchev–Trinajstić information content (AvgIpc) is 2.58. The van der Waals surface area contributed by atoms with Crippen molar-refractivity contribution in [3.8, 4) is 5.75 Å². The first-order chi connectivity index (χ1) is 11.7. The maximum Gasteiger partial charge on any atom is 0.124 e. The summed E-state index contributed by atoms with van der Waals surface area (Å²) >= 11 is 6.11. The van der Waals surface area contributed by atoms with Crippen LogP contribution < -0.4 is 15.4 Å². The summed E-state index contributed by atoms with van der Waals surface area (Å²) in [6.07, 6.45) is 0. The predicted molar refractivity (Wildman–Crippen MR) is 98.6 cm³/mol. The smallest absolute Gasteiger partial charge is 0.124 e. The van der Waals surface area contributed by atoms with Crippen LogP contribution in [0, 0.1) is 6.92 Å². The van der Waals surface area contributed by atoms with E-state index in [0.717, 1.165) is 30.0 Å². The minimum atomic E-state index is 0.158. The van der Waals surface area contributed by atoms with E-state index in [1.165, 1.54) is 5.56 Å². The second-order valence-corrected chi connectivity index (χ2v) is 6.11. The number of aryl methyl sites for hydroxylation is 1. The second-order valence-electron chi connectivity index (χ2n) is 5.68. The highest BCUT2D eigenvalue weighted by Gasteiger charge is 2.05. The van der Waals surface area contributed by atoms with Crippen LogP contribution in [0.5, 0.6) is 5.75 Å². The Bertz CT molecular complexity index is 617. The Hall–Kier alpha value is -1.59. The van der Waals surface area contributed by atoms with E-state index >= 15 is 0 Å². The second kappa shape index (κ2) is 10.3. The maximum atomic E-state index is 8.72. The van der Waals surface area contributed by atoms with Gasteiger partial charge in [-0.2, -0.15) is 0 Å². The number of rotatable bonds is 10. The fourth-order valence-corrected chi connectivity index (χ4v) is 2.47. The number of benzene rings is 2. The molecule has 0 radical (unpaired) electrons. The molecule has 2 rings (SSSR count). The van der Waals surface area contributed by atoms with E-state index < -0.39 is 0 Å². The van der Waals surface area contributed by atoms with E-state index in [-0.39, 0.29) is 6.61 Å². The molecule has 5 heteroatoms. The number of hydrogen-bond acceptors (Lipinski definition) is 4. The third-order valence-corrected chi connectivity index (χ3v) is 3.86. The Balaban J connectivity index is 1.88. The summed E-state index contributed by atoms with van der Waals surface area (Å²) in [5.74, 6) is 0.843. The monoisotopic (exact) mass is 348 g/mol. The molecular weight excluding hydrogens is 324 g/mol.